The molecule has 0 fully saturated rings. The molecular weight excluding hydrogens is 257 g/mol. The molecule has 0 aliphatic carbocycles. The summed E-state index contributed by atoms with van der Waals surface area (Å²) in [6.07, 6.45) is 0.0579. The molecule has 1 N–H and O–H groups in total. The van der Waals surface area contributed by atoms with Crippen LogP contribution < -0.4 is 4.72 Å². The van der Waals surface area contributed by atoms with E-state index in [1.165, 1.54) is 19.1 Å². The molecule has 102 valence electrons. The molecule has 1 rings (SSSR count). The molecule has 1 aromatic carbocycles. The van der Waals surface area contributed by atoms with Gasteiger partial charge in [0.25, 0.3) is 0 Å². The van der Waals surface area contributed by atoms with Crippen molar-refractivity contribution < 1.29 is 17.5 Å². The molecule has 0 unspecified atom stereocenters. The molecular formula is C12H18FNO3S. The molecule has 0 aromatic heterocycles. The topological polar surface area (TPSA) is 55.4 Å². The van der Waals surface area contributed by atoms with Gasteiger partial charge in [0, 0.05) is 6.54 Å². The van der Waals surface area contributed by atoms with Crippen LogP contribution >= 0.6 is 0 Å². The minimum Gasteiger partial charge on any atom is -0.377 e. The third kappa shape index (κ3) is 4.36. The molecule has 0 bridgehead atoms. The van der Waals surface area contributed by atoms with Crippen LogP contribution in [0.25, 0.3) is 0 Å². The van der Waals surface area contributed by atoms with Gasteiger partial charge in [-0.25, -0.2) is 17.5 Å². The number of aryl methyl sites for hydroxylation is 1. The quantitative estimate of drug-likeness (QED) is 0.806. The van der Waals surface area contributed by atoms with Crippen LogP contribution in [-0.4, -0.2) is 27.7 Å². The largest absolute Gasteiger partial charge is 0.377 e. The number of benzene rings is 1. The van der Waals surface area contributed by atoms with Crippen molar-refractivity contribution in [3.8, 4) is 0 Å². The van der Waals surface area contributed by atoms with Gasteiger partial charge in [-0.15, -0.1) is 0 Å². The standard InChI is InChI=1S/C12H18FNO3S/c1-9(2)17-7-6-14-18(15,16)11-4-5-12(13)10(3)8-11/h4-5,8-9,14H,6-7H2,1-3H3. The summed E-state index contributed by atoms with van der Waals surface area (Å²) in [5, 5.41) is 0. The van der Waals surface area contributed by atoms with Gasteiger partial charge in [-0.2, -0.15) is 0 Å². The number of hydrogen-bond donors (Lipinski definition) is 1. The molecule has 0 amide bonds. The fourth-order valence-corrected chi connectivity index (χ4v) is 2.44. The van der Waals surface area contributed by atoms with Crippen molar-refractivity contribution in [3.05, 3.63) is 29.6 Å². The normalized spacial score (nSPS) is 12.1. The number of nitrogens with one attached hydrogen (secondary N) is 1. The average molecular weight is 275 g/mol. The molecule has 0 heterocycles. The second-order valence-corrected chi connectivity index (χ2v) is 6.00. The highest BCUT2D eigenvalue weighted by atomic mass is 32.2. The van der Waals surface area contributed by atoms with E-state index in [2.05, 4.69) is 4.72 Å². The Morgan fingerprint density at radius 2 is 2.06 bits per heavy atom. The fraction of sp³-hybridized carbons (Fsp3) is 0.500. The van der Waals surface area contributed by atoms with E-state index in [-0.39, 0.29) is 17.5 Å². The summed E-state index contributed by atoms with van der Waals surface area (Å²) in [7, 11) is -3.59. The third-order valence-electron chi connectivity index (χ3n) is 2.29. The summed E-state index contributed by atoms with van der Waals surface area (Å²) < 4.78 is 44.4. The van der Waals surface area contributed by atoms with Crippen LogP contribution in [0.15, 0.2) is 23.1 Å². The Labute approximate surface area is 107 Å². The van der Waals surface area contributed by atoms with Crippen LogP contribution in [0.1, 0.15) is 19.4 Å². The monoisotopic (exact) mass is 275 g/mol. The predicted molar refractivity (Wildman–Crippen MR) is 67.4 cm³/mol. The van der Waals surface area contributed by atoms with Crippen LogP contribution in [0.2, 0.25) is 0 Å². The van der Waals surface area contributed by atoms with Gasteiger partial charge in [0.05, 0.1) is 17.6 Å². The third-order valence-corrected chi connectivity index (χ3v) is 3.74. The van der Waals surface area contributed by atoms with Gasteiger partial charge in [-0.3, -0.25) is 0 Å². The van der Waals surface area contributed by atoms with E-state index in [1.54, 1.807) is 0 Å². The van der Waals surface area contributed by atoms with Crippen molar-refractivity contribution in [2.24, 2.45) is 0 Å². The molecule has 0 radical (unpaired) electrons. The van der Waals surface area contributed by atoms with E-state index >= 15 is 0 Å². The van der Waals surface area contributed by atoms with Gasteiger partial charge in [-0.1, -0.05) is 0 Å². The van der Waals surface area contributed by atoms with E-state index in [0.717, 1.165) is 6.07 Å². The van der Waals surface area contributed by atoms with E-state index in [9.17, 15) is 12.8 Å². The van der Waals surface area contributed by atoms with Crippen LogP contribution in [0.3, 0.4) is 0 Å². The minimum absolute atomic E-state index is 0.0579. The van der Waals surface area contributed by atoms with E-state index < -0.39 is 15.8 Å². The molecule has 4 nitrogen and oxygen atoms in total. The Kier molecular flexibility index (Phi) is 5.25. The van der Waals surface area contributed by atoms with Gasteiger partial charge in [0.2, 0.25) is 10.0 Å². The van der Waals surface area contributed by atoms with Crippen molar-refractivity contribution >= 4 is 10.0 Å². The maximum Gasteiger partial charge on any atom is 0.240 e. The van der Waals surface area contributed by atoms with E-state index in [1.807, 2.05) is 13.8 Å². The lowest BCUT2D eigenvalue weighted by atomic mass is 10.2. The summed E-state index contributed by atoms with van der Waals surface area (Å²) >= 11 is 0. The maximum absolute atomic E-state index is 13.0. The minimum atomic E-state index is -3.59. The number of rotatable bonds is 6. The van der Waals surface area contributed by atoms with E-state index in [4.69, 9.17) is 4.74 Å². The number of halogens is 1. The molecule has 0 aliphatic rings. The maximum atomic E-state index is 13.0. The molecule has 1 aromatic rings. The lowest BCUT2D eigenvalue weighted by molar-refractivity contribution is 0.0834. The highest BCUT2D eigenvalue weighted by molar-refractivity contribution is 7.89. The fourth-order valence-electron chi connectivity index (χ4n) is 1.34. The number of hydrogen-bond acceptors (Lipinski definition) is 3. The average Bonchev–Trinajstić information content (AvgIpc) is 2.28. The van der Waals surface area contributed by atoms with Gasteiger partial charge in [0.1, 0.15) is 5.82 Å². The number of ether oxygens (including phenoxy) is 1. The van der Waals surface area contributed by atoms with Crippen molar-refractivity contribution in [2.45, 2.75) is 31.8 Å². The first-order chi connectivity index (χ1) is 8.33. The van der Waals surface area contributed by atoms with Crippen molar-refractivity contribution in [2.75, 3.05) is 13.2 Å². The first-order valence-corrected chi connectivity index (χ1v) is 7.18. The summed E-state index contributed by atoms with van der Waals surface area (Å²) in [5.41, 5.74) is 0.302. The zero-order valence-electron chi connectivity index (χ0n) is 10.7. The summed E-state index contributed by atoms with van der Waals surface area (Å²) in [4.78, 5) is 0.0611. The first kappa shape index (κ1) is 15.1. The summed E-state index contributed by atoms with van der Waals surface area (Å²) in [6.45, 7) is 5.76. The predicted octanol–water partition coefficient (Wildman–Crippen LogP) is 1.84. The zero-order chi connectivity index (χ0) is 13.8. The SMILES string of the molecule is Cc1cc(S(=O)(=O)NCCOC(C)C)ccc1F. The van der Waals surface area contributed by atoms with Gasteiger partial charge >= 0.3 is 0 Å². The zero-order valence-corrected chi connectivity index (χ0v) is 11.6. The molecule has 18 heavy (non-hydrogen) atoms. The lowest BCUT2D eigenvalue weighted by Crippen LogP contribution is -2.28. The van der Waals surface area contributed by atoms with Crippen molar-refractivity contribution in [1.29, 1.82) is 0 Å². The van der Waals surface area contributed by atoms with Gasteiger partial charge in [-0.05, 0) is 44.5 Å². The van der Waals surface area contributed by atoms with Crippen molar-refractivity contribution in [1.82, 2.24) is 4.72 Å². The highest BCUT2D eigenvalue weighted by Crippen LogP contribution is 2.13. The van der Waals surface area contributed by atoms with Crippen LogP contribution in [0.5, 0.6) is 0 Å². The smallest absolute Gasteiger partial charge is 0.240 e. The molecule has 0 saturated heterocycles. The van der Waals surface area contributed by atoms with Crippen molar-refractivity contribution in [3.63, 3.8) is 0 Å². The van der Waals surface area contributed by atoms with Crippen LogP contribution in [0, 0.1) is 12.7 Å². The van der Waals surface area contributed by atoms with Gasteiger partial charge in [0.15, 0.2) is 0 Å². The molecule has 0 aliphatic heterocycles. The summed E-state index contributed by atoms with van der Waals surface area (Å²) in [5.74, 6) is -0.419. The van der Waals surface area contributed by atoms with Crippen LogP contribution in [-0.2, 0) is 14.8 Å². The van der Waals surface area contributed by atoms with Crippen LogP contribution in [0.4, 0.5) is 4.39 Å². The highest BCUT2D eigenvalue weighted by Gasteiger charge is 2.14. The Morgan fingerprint density at radius 3 is 2.61 bits per heavy atom. The Balaban J connectivity index is 2.66. The lowest BCUT2D eigenvalue weighted by Gasteiger charge is -2.10. The second kappa shape index (κ2) is 6.26. The summed E-state index contributed by atoms with van der Waals surface area (Å²) in [6, 6.07) is 3.70. The Morgan fingerprint density at radius 1 is 1.39 bits per heavy atom. The number of sulfonamides is 1. The first-order valence-electron chi connectivity index (χ1n) is 5.70. The molecule has 6 heteroatoms. The molecule has 0 saturated carbocycles. The van der Waals surface area contributed by atoms with Gasteiger partial charge < -0.3 is 4.74 Å². The Hall–Kier alpha value is -0.980. The second-order valence-electron chi connectivity index (χ2n) is 4.23. The molecule has 0 atom stereocenters. The molecule has 0 spiro atoms. The Bertz CT molecular complexity index is 500. The van der Waals surface area contributed by atoms with E-state index in [0.29, 0.717) is 12.2 Å².